The molecule has 0 aliphatic carbocycles. The van der Waals surface area contributed by atoms with Gasteiger partial charge in [0.1, 0.15) is 23.1 Å². The van der Waals surface area contributed by atoms with Gasteiger partial charge in [-0.3, -0.25) is 4.79 Å². The number of likely N-dealkylation sites (tertiary alicyclic amines) is 1. The molecule has 1 aromatic heterocycles. The number of carbonyl (C=O) groups excluding carboxylic acids is 1. The number of aryl methyl sites for hydroxylation is 1. The zero-order valence-electron chi connectivity index (χ0n) is 15.0. The average molecular weight is 340 g/mol. The van der Waals surface area contributed by atoms with E-state index in [1.54, 1.807) is 13.0 Å². The Kier molecular flexibility index (Phi) is 5.16. The Morgan fingerprint density at radius 3 is 2.48 bits per heavy atom. The van der Waals surface area contributed by atoms with Crippen LogP contribution in [-0.4, -0.2) is 40.0 Å². The molecule has 2 aromatic rings. The summed E-state index contributed by atoms with van der Waals surface area (Å²) in [5.74, 6) is 2.00. The summed E-state index contributed by atoms with van der Waals surface area (Å²) in [5.41, 5.74) is 1.32. The van der Waals surface area contributed by atoms with Gasteiger partial charge in [-0.05, 0) is 57.9 Å². The van der Waals surface area contributed by atoms with E-state index in [4.69, 9.17) is 4.74 Å². The van der Waals surface area contributed by atoms with Gasteiger partial charge in [0, 0.05) is 24.8 Å². The van der Waals surface area contributed by atoms with Crippen LogP contribution in [0.25, 0.3) is 0 Å². The minimum Gasteiger partial charge on any atom is -0.491 e. The zero-order valence-corrected chi connectivity index (χ0v) is 15.0. The van der Waals surface area contributed by atoms with Crippen molar-refractivity contribution in [2.45, 2.75) is 39.7 Å². The summed E-state index contributed by atoms with van der Waals surface area (Å²) in [5, 5.41) is 3.23. The Morgan fingerprint density at radius 2 is 1.84 bits per heavy atom. The van der Waals surface area contributed by atoms with Crippen LogP contribution in [0.15, 0.2) is 30.3 Å². The van der Waals surface area contributed by atoms with Gasteiger partial charge in [0.25, 0.3) is 5.91 Å². The third kappa shape index (κ3) is 4.47. The van der Waals surface area contributed by atoms with Crippen molar-refractivity contribution in [1.82, 2.24) is 14.9 Å². The molecule has 0 spiro atoms. The Bertz CT molecular complexity index is 738. The largest absolute Gasteiger partial charge is 0.491 e. The molecule has 6 heteroatoms. The molecule has 0 atom stereocenters. The maximum Gasteiger partial charge on any atom is 0.272 e. The Hall–Kier alpha value is -2.63. The molecule has 6 nitrogen and oxygen atoms in total. The van der Waals surface area contributed by atoms with E-state index in [0.717, 1.165) is 37.4 Å². The van der Waals surface area contributed by atoms with Gasteiger partial charge in [-0.15, -0.1) is 0 Å². The molecule has 1 amide bonds. The molecule has 1 fully saturated rings. The molecule has 0 bridgehead atoms. The monoisotopic (exact) mass is 340 g/mol. The second-order valence-electron chi connectivity index (χ2n) is 6.50. The van der Waals surface area contributed by atoms with Gasteiger partial charge in [0.15, 0.2) is 0 Å². The molecule has 2 heterocycles. The molecule has 1 N–H and O–H groups in total. The van der Waals surface area contributed by atoms with Gasteiger partial charge < -0.3 is 15.0 Å². The summed E-state index contributed by atoms with van der Waals surface area (Å²) in [4.78, 5) is 23.1. The Balaban J connectivity index is 1.75. The number of rotatable bonds is 5. The number of benzene rings is 1. The van der Waals surface area contributed by atoms with Crippen LogP contribution in [0.2, 0.25) is 0 Å². The molecule has 25 heavy (non-hydrogen) atoms. The lowest BCUT2D eigenvalue weighted by atomic mass is 10.3. The van der Waals surface area contributed by atoms with Crippen LogP contribution in [-0.2, 0) is 0 Å². The van der Waals surface area contributed by atoms with Crippen molar-refractivity contribution in [2.24, 2.45) is 0 Å². The molecule has 0 radical (unpaired) electrons. The van der Waals surface area contributed by atoms with Crippen molar-refractivity contribution in [1.29, 1.82) is 0 Å². The third-order valence-corrected chi connectivity index (χ3v) is 3.95. The van der Waals surface area contributed by atoms with Crippen molar-refractivity contribution in [3.05, 3.63) is 41.9 Å². The third-order valence-electron chi connectivity index (χ3n) is 3.95. The van der Waals surface area contributed by atoms with Crippen LogP contribution in [0.5, 0.6) is 5.75 Å². The number of nitrogens with zero attached hydrogens (tertiary/aromatic N) is 3. The molecule has 0 unspecified atom stereocenters. The fourth-order valence-corrected chi connectivity index (χ4v) is 2.86. The first-order chi connectivity index (χ1) is 12.0. The minimum absolute atomic E-state index is 0.0215. The first-order valence-electron chi connectivity index (χ1n) is 8.70. The van der Waals surface area contributed by atoms with E-state index in [9.17, 15) is 4.79 Å². The molecule has 0 saturated carbocycles. The first-order valence-corrected chi connectivity index (χ1v) is 8.70. The highest BCUT2D eigenvalue weighted by Crippen LogP contribution is 2.21. The summed E-state index contributed by atoms with van der Waals surface area (Å²) in [7, 11) is 0. The van der Waals surface area contributed by atoms with Crippen molar-refractivity contribution >= 4 is 17.4 Å². The molecule has 1 aliphatic heterocycles. The predicted molar refractivity (Wildman–Crippen MR) is 97.4 cm³/mol. The highest BCUT2D eigenvalue weighted by molar-refractivity contribution is 5.93. The van der Waals surface area contributed by atoms with E-state index < -0.39 is 0 Å². The van der Waals surface area contributed by atoms with Crippen LogP contribution in [0.4, 0.5) is 11.5 Å². The number of hydrogen-bond donors (Lipinski definition) is 1. The maximum atomic E-state index is 12.5. The van der Waals surface area contributed by atoms with E-state index >= 15 is 0 Å². The molecular weight excluding hydrogens is 316 g/mol. The van der Waals surface area contributed by atoms with Crippen LogP contribution in [0.3, 0.4) is 0 Å². The SMILES string of the molecule is Cc1nc(Nc2ccc(OC(C)C)cc2)cc(C(=O)N2CCCC2)n1. The van der Waals surface area contributed by atoms with E-state index in [0.29, 0.717) is 17.3 Å². The second-order valence-corrected chi connectivity index (χ2v) is 6.50. The van der Waals surface area contributed by atoms with Gasteiger partial charge in [-0.1, -0.05) is 0 Å². The first kappa shape index (κ1) is 17.2. The van der Waals surface area contributed by atoms with Crippen LogP contribution in [0, 0.1) is 6.92 Å². The number of ether oxygens (including phenoxy) is 1. The van der Waals surface area contributed by atoms with Gasteiger partial charge >= 0.3 is 0 Å². The second kappa shape index (κ2) is 7.51. The highest BCUT2D eigenvalue weighted by atomic mass is 16.5. The summed E-state index contributed by atoms with van der Waals surface area (Å²) < 4.78 is 5.64. The Labute approximate surface area is 148 Å². The van der Waals surface area contributed by atoms with Crippen molar-refractivity contribution < 1.29 is 9.53 Å². The summed E-state index contributed by atoms with van der Waals surface area (Å²) in [6.07, 6.45) is 2.26. The highest BCUT2D eigenvalue weighted by Gasteiger charge is 2.21. The minimum atomic E-state index is -0.0215. The number of aromatic nitrogens is 2. The van der Waals surface area contributed by atoms with E-state index in [-0.39, 0.29) is 12.0 Å². The summed E-state index contributed by atoms with van der Waals surface area (Å²) in [6, 6.07) is 9.39. The molecule has 1 saturated heterocycles. The van der Waals surface area contributed by atoms with Crippen LogP contribution in [0.1, 0.15) is 43.0 Å². The van der Waals surface area contributed by atoms with Crippen molar-refractivity contribution in [2.75, 3.05) is 18.4 Å². The summed E-state index contributed by atoms with van der Waals surface area (Å²) in [6.45, 7) is 7.40. The van der Waals surface area contributed by atoms with Crippen molar-refractivity contribution in [3.8, 4) is 5.75 Å². The number of hydrogen-bond acceptors (Lipinski definition) is 5. The molecule has 3 rings (SSSR count). The van der Waals surface area contributed by atoms with Gasteiger partial charge in [0.2, 0.25) is 0 Å². The lowest BCUT2D eigenvalue weighted by molar-refractivity contribution is 0.0786. The van der Waals surface area contributed by atoms with Gasteiger partial charge in [0.05, 0.1) is 6.10 Å². The number of amides is 1. The average Bonchev–Trinajstić information content (AvgIpc) is 3.09. The zero-order chi connectivity index (χ0) is 17.8. The number of anilines is 2. The normalized spacial score (nSPS) is 14.0. The van der Waals surface area contributed by atoms with Gasteiger partial charge in [-0.2, -0.15) is 0 Å². The smallest absolute Gasteiger partial charge is 0.272 e. The fraction of sp³-hybridized carbons (Fsp3) is 0.421. The lowest BCUT2D eigenvalue weighted by Crippen LogP contribution is -2.28. The number of nitrogens with one attached hydrogen (secondary N) is 1. The fourth-order valence-electron chi connectivity index (χ4n) is 2.86. The molecule has 1 aliphatic rings. The standard InChI is InChI=1S/C19H24N4O2/c1-13(2)25-16-8-6-15(7-9-16)22-18-12-17(20-14(3)21-18)19(24)23-10-4-5-11-23/h6-9,12-13H,4-5,10-11H2,1-3H3,(H,20,21,22). The van der Waals surface area contributed by atoms with E-state index in [2.05, 4.69) is 15.3 Å². The topological polar surface area (TPSA) is 67.4 Å². The van der Waals surface area contributed by atoms with Crippen LogP contribution < -0.4 is 10.1 Å². The van der Waals surface area contributed by atoms with Crippen molar-refractivity contribution in [3.63, 3.8) is 0 Å². The lowest BCUT2D eigenvalue weighted by Gasteiger charge is -2.15. The summed E-state index contributed by atoms with van der Waals surface area (Å²) >= 11 is 0. The van der Waals surface area contributed by atoms with Crippen LogP contribution >= 0.6 is 0 Å². The number of carbonyl (C=O) groups is 1. The maximum absolute atomic E-state index is 12.5. The Morgan fingerprint density at radius 1 is 1.16 bits per heavy atom. The van der Waals surface area contributed by atoms with E-state index in [1.165, 1.54) is 0 Å². The quantitative estimate of drug-likeness (QED) is 0.901. The predicted octanol–water partition coefficient (Wildman–Crippen LogP) is 3.55. The molecule has 1 aromatic carbocycles. The molecule has 132 valence electrons. The van der Waals surface area contributed by atoms with Gasteiger partial charge in [-0.25, -0.2) is 9.97 Å². The van der Waals surface area contributed by atoms with E-state index in [1.807, 2.05) is 43.0 Å². The molecular formula is C19H24N4O2.